The van der Waals surface area contributed by atoms with Crippen LogP contribution in [0, 0.1) is 5.82 Å². The fourth-order valence-corrected chi connectivity index (χ4v) is 5.99. The van der Waals surface area contributed by atoms with Crippen LogP contribution in [-0.4, -0.2) is 50.0 Å². The number of carbonyl (C=O) groups is 1. The van der Waals surface area contributed by atoms with Gasteiger partial charge in [0.05, 0.1) is 23.1 Å². The van der Waals surface area contributed by atoms with Crippen molar-refractivity contribution >= 4 is 17.2 Å². The smallest absolute Gasteiger partial charge is 0.273 e. The highest BCUT2D eigenvalue weighted by molar-refractivity contribution is 5.94. The van der Waals surface area contributed by atoms with E-state index in [4.69, 9.17) is 10.1 Å². The molecule has 0 aliphatic carbocycles. The molecule has 0 radical (unpaired) electrons. The standard InChI is InChI=1S/C32H29FN6O/c1-21-24-9-3-2-8-22(24)13-17-38(21)32(40)29-19-30(27-10-4-5-14-34-27)39-31(35-29)20-28(36-39)25-12-11-23(18-26(25)33)37-15-6-7-16-37/h2-5,8-12,14,18-21H,6-7,13,15-17H2,1H3. The molecule has 8 heteroatoms. The van der Waals surface area contributed by atoms with Gasteiger partial charge in [0.25, 0.3) is 5.91 Å². The summed E-state index contributed by atoms with van der Waals surface area (Å²) < 4.78 is 17.0. The van der Waals surface area contributed by atoms with Crippen LogP contribution in [-0.2, 0) is 6.42 Å². The van der Waals surface area contributed by atoms with E-state index in [1.807, 2.05) is 41.3 Å². The fourth-order valence-electron chi connectivity index (χ4n) is 5.99. The lowest BCUT2D eigenvalue weighted by Gasteiger charge is -2.35. The Morgan fingerprint density at radius 1 is 0.925 bits per heavy atom. The van der Waals surface area contributed by atoms with Crippen molar-refractivity contribution in [3.05, 3.63) is 102 Å². The largest absolute Gasteiger partial charge is 0.371 e. The lowest BCUT2D eigenvalue weighted by atomic mass is 9.93. The minimum Gasteiger partial charge on any atom is -0.371 e. The number of nitrogens with zero attached hydrogens (tertiary/aromatic N) is 6. The van der Waals surface area contributed by atoms with E-state index in [0.29, 0.717) is 40.5 Å². The summed E-state index contributed by atoms with van der Waals surface area (Å²) >= 11 is 0. The molecule has 2 aliphatic rings. The first-order valence-electron chi connectivity index (χ1n) is 13.8. The van der Waals surface area contributed by atoms with Gasteiger partial charge in [0.1, 0.15) is 11.5 Å². The number of hydrogen-bond acceptors (Lipinski definition) is 5. The van der Waals surface area contributed by atoms with Gasteiger partial charge in [-0.2, -0.15) is 5.10 Å². The van der Waals surface area contributed by atoms with Crippen LogP contribution in [0.2, 0.25) is 0 Å². The van der Waals surface area contributed by atoms with E-state index in [-0.39, 0.29) is 17.8 Å². The van der Waals surface area contributed by atoms with Crippen LogP contribution >= 0.6 is 0 Å². The molecule has 200 valence electrons. The first kappa shape index (κ1) is 24.5. The van der Waals surface area contributed by atoms with Gasteiger partial charge < -0.3 is 9.80 Å². The summed E-state index contributed by atoms with van der Waals surface area (Å²) in [6.07, 6.45) is 4.75. The second-order valence-corrected chi connectivity index (χ2v) is 10.5. The van der Waals surface area contributed by atoms with E-state index in [0.717, 1.165) is 43.6 Å². The molecule has 5 heterocycles. The molecule has 1 unspecified atom stereocenters. The summed E-state index contributed by atoms with van der Waals surface area (Å²) in [6.45, 7) is 4.56. The average Bonchev–Trinajstić information content (AvgIpc) is 3.68. The summed E-state index contributed by atoms with van der Waals surface area (Å²) in [5.74, 6) is -0.477. The van der Waals surface area contributed by atoms with Crippen LogP contribution in [0.3, 0.4) is 0 Å². The topological polar surface area (TPSA) is 66.6 Å². The quantitative estimate of drug-likeness (QED) is 0.286. The van der Waals surface area contributed by atoms with Gasteiger partial charge in [0.2, 0.25) is 0 Å². The minimum atomic E-state index is -0.329. The maximum atomic E-state index is 15.4. The van der Waals surface area contributed by atoms with E-state index in [1.165, 1.54) is 5.56 Å². The molecule has 5 aromatic rings. The number of halogens is 1. The van der Waals surface area contributed by atoms with Crippen LogP contribution in [0.5, 0.6) is 0 Å². The first-order chi connectivity index (χ1) is 19.6. The molecule has 0 bridgehead atoms. The van der Waals surface area contributed by atoms with Crippen molar-refractivity contribution in [2.45, 2.75) is 32.2 Å². The summed E-state index contributed by atoms with van der Waals surface area (Å²) in [7, 11) is 0. The van der Waals surface area contributed by atoms with Crippen molar-refractivity contribution in [2.75, 3.05) is 24.5 Å². The van der Waals surface area contributed by atoms with E-state index >= 15 is 4.39 Å². The molecule has 0 spiro atoms. The van der Waals surface area contributed by atoms with Crippen LogP contribution in [0.1, 0.15) is 47.4 Å². The normalized spacial score (nSPS) is 16.9. The van der Waals surface area contributed by atoms with Gasteiger partial charge in [0.15, 0.2) is 5.65 Å². The van der Waals surface area contributed by atoms with Crippen molar-refractivity contribution in [3.63, 3.8) is 0 Å². The number of anilines is 1. The summed E-state index contributed by atoms with van der Waals surface area (Å²) in [6, 6.07) is 22.6. The van der Waals surface area contributed by atoms with Gasteiger partial charge in [-0.05, 0) is 73.7 Å². The average molecular weight is 533 g/mol. The number of benzene rings is 2. The van der Waals surface area contributed by atoms with Crippen molar-refractivity contribution in [2.24, 2.45) is 0 Å². The van der Waals surface area contributed by atoms with Gasteiger partial charge in [0, 0.05) is 43.1 Å². The number of amides is 1. The van der Waals surface area contributed by atoms with Crippen molar-refractivity contribution in [3.8, 4) is 22.6 Å². The van der Waals surface area contributed by atoms with Gasteiger partial charge >= 0.3 is 0 Å². The zero-order valence-corrected chi connectivity index (χ0v) is 22.3. The summed E-state index contributed by atoms with van der Waals surface area (Å²) in [5, 5.41) is 4.74. The Morgan fingerprint density at radius 3 is 2.55 bits per heavy atom. The van der Waals surface area contributed by atoms with Crippen molar-refractivity contribution < 1.29 is 9.18 Å². The third-order valence-electron chi connectivity index (χ3n) is 8.13. The Hall–Kier alpha value is -4.59. The molecule has 0 N–H and O–H groups in total. The monoisotopic (exact) mass is 532 g/mol. The van der Waals surface area contributed by atoms with E-state index in [1.54, 1.807) is 35.0 Å². The highest BCUT2D eigenvalue weighted by Crippen LogP contribution is 2.32. The molecule has 1 atom stereocenters. The number of fused-ring (bicyclic) bond motifs is 2. The van der Waals surface area contributed by atoms with Crippen molar-refractivity contribution in [1.82, 2.24) is 24.5 Å². The second kappa shape index (κ2) is 9.86. The third kappa shape index (κ3) is 4.20. The predicted octanol–water partition coefficient (Wildman–Crippen LogP) is 5.96. The highest BCUT2D eigenvalue weighted by Gasteiger charge is 2.30. The van der Waals surface area contributed by atoms with E-state index in [9.17, 15) is 4.79 Å². The molecule has 0 saturated carbocycles. The number of pyridine rings is 1. The van der Waals surface area contributed by atoms with E-state index in [2.05, 4.69) is 28.9 Å². The number of aromatic nitrogens is 4. The van der Waals surface area contributed by atoms with Crippen LogP contribution in [0.25, 0.3) is 28.3 Å². The zero-order chi connectivity index (χ0) is 27.2. The zero-order valence-electron chi connectivity index (χ0n) is 22.3. The molecule has 40 heavy (non-hydrogen) atoms. The Morgan fingerprint density at radius 2 is 1.75 bits per heavy atom. The number of carbonyl (C=O) groups excluding carboxylic acids is 1. The Bertz CT molecular complexity index is 1730. The molecule has 1 fully saturated rings. The second-order valence-electron chi connectivity index (χ2n) is 10.5. The highest BCUT2D eigenvalue weighted by atomic mass is 19.1. The maximum absolute atomic E-state index is 15.4. The third-order valence-corrected chi connectivity index (χ3v) is 8.13. The Labute approximate surface area is 231 Å². The van der Waals surface area contributed by atoms with Gasteiger partial charge in [-0.25, -0.2) is 13.9 Å². The van der Waals surface area contributed by atoms with Crippen molar-refractivity contribution in [1.29, 1.82) is 0 Å². The molecule has 7 rings (SSSR count). The molecule has 7 nitrogen and oxygen atoms in total. The maximum Gasteiger partial charge on any atom is 0.273 e. The number of rotatable bonds is 4. The Kier molecular flexibility index (Phi) is 6.03. The lowest BCUT2D eigenvalue weighted by molar-refractivity contribution is 0.0672. The van der Waals surface area contributed by atoms with Gasteiger partial charge in [-0.15, -0.1) is 0 Å². The number of hydrogen-bond donors (Lipinski definition) is 0. The molecule has 2 aliphatic heterocycles. The summed E-state index contributed by atoms with van der Waals surface area (Å²) in [4.78, 5) is 27.2. The van der Waals surface area contributed by atoms with Gasteiger partial charge in [-0.1, -0.05) is 30.3 Å². The predicted molar refractivity (Wildman–Crippen MR) is 153 cm³/mol. The molecule has 1 saturated heterocycles. The molecular formula is C32H29FN6O. The van der Waals surface area contributed by atoms with E-state index < -0.39 is 0 Å². The lowest BCUT2D eigenvalue weighted by Crippen LogP contribution is -2.39. The van der Waals surface area contributed by atoms with Gasteiger partial charge in [-0.3, -0.25) is 9.78 Å². The van der Waals surface area contributed by atoms with Crippen LogP contribution in [0.15, 0.2) is 79.0 Å². The first-order valence-corrected chi connectivity index (χ1v) is 13.8. The minimum absolute atomic E-state index is 0.0718. The fraction of sp³-hybridized carbons (Fsp3) is 0.250. The Balaban J connectivity index is 1.30. The van der Waals surface area contributed by atoms with Crippen LogP contribution < -0.4 is 4.90 Å². The van der Waals surface area contributed by atoms with Crippen LogP contribution in [0.4, 0.5) is 10.1 Å². The molecule has 3 aromatic heterocycles. The summed E-state index contributed by atoms with van der Waals surface area (Å²) in [5.41, 5.74) is 6.24. The SMILES string of the molecule is CC1c2ccccc2CCN1C(=O)c1cc(-c2ccccn2)n2nc(-c3ccc(N4CCCC4)cc3F)cc2n1. The molecular weight excluding hydrogens is 503 g/mol. The molecule has 1 amide bonds. The molecule has 2 aromatic carbocycles.